The molecule has 2 fully saturated rings. The number of carbonyl (C=O) groups is 4. The Morgan fingerprint density at radius 3 is 2.47 bits per heavy atom. The summed E-state index contributed by atoms with van der Waals surface area (Å²) < 4.78 is 5.52. The highest BCUT2D eigenvalue weighted by Crippen LogP contribution is 2.51. The Morgan fingerprint density at radius 1 is 1.19 bits per heavy atom. The first kappa shape index (κ1) is 22.3. The summed E-state index contributed by atoms with van der Waals surface area (Å²) in [6.07, 6.45) is -1.06. The maximum Gasteiger partial charge on any atom is 0.316 e. The van der Waals surface area contributed by atoms with Crippen LogP contribution < -0.4 is 4.90 Å². The minimum atomic E-state index is -1.52. The van der Waals surface area contributed by atoms with Crippen molar-refractivity contribution >= 4 is 51.9 Å². The fraction of sp³-hybridized carbons (Fsp3) is 0.364. The second-order valence-electron chi connectivity index (χ2n) is 7.81. The lowest BCUT2D eigenvalue weighted by Crippen LogP contribution is -2.75. The van der Waals surface area contributed by atoms with Gasteiger partial charge in [0.05, 0.1) is 5.00 Å². The molecule has 10 heteroatoms. The number of fused-ring (bicyclic) bond motifs is 1. The van der Waals surface area contributed by atoms with Gasteiger partial charge in [-0.15, -0.1) is 23.1 Å². The van der Waals surface area contributed by atoms with Crippen LogP contribution in [0.5, 0.6) is 0 Å². The number of hydrogen-bond acceptors (Lipinski definition) is 7. The summed E-state index contributed by atoms with van der Waals surface area (Å²) in [5.41, 5.74) is -0.962. The predicted octanol–water partition coefficient (Wildman–Crippen LogP) is 2.76. The minimum absolute atomic E-state index is 0.113. The number of ether oxygens (including phenoxy) is 1. The molecule has 2 amide bonds. The number of carbonyl (C=O) groups excluding carboxylic acids is 3. The molecule has 1 N–H and O–H groups in total. The van der Waals surface area contributed by atoms with Crippen molar-refractivity contribution in [3.8, 4) is 0 Å². The van der Waals surface area contributed by atoms with Crippen LogP contribution in [0.1, 0.15) is 25.5 Å². The van der Waals surface area contributed by atoms with Crippen molar-refractivity contribution in [1.29, 1.82) is 0 Å². The Bertz CT molecular complexity index is 1040. The average Bonchev–Trinajstić information content (AvgIpc) is 3.29. The molecule has 3 heterocycles. The third-order valence-electron chi connectivity index (χ3n) is 5.75. The van der Waals surface area contributed by atoms with E-state index in [1.807, 2.05) is 11.4 Å². The Balaban J connectivity index is 1.65. The largest absolute Gasteiger partial charge is 0.481 e. The lowest BCUT2D eigenvalue weighted by atomic mass is 9.78. The Hall–Kier alpha value is -2.85. The summed E-state index contributed by atoms with van der Waals surface area (Å²) in [7, 11) is 0. The fourth-order valence-corrected chi connectivity index (χ4v) is 6.69. The molecule has 2 aliphatic heterocycles. The molecule has 32 heavy (non-hydrogen) atoms. The number of esters is 1. The molecule has 0 aliphatic carbocycles. The van der Waals surface area contributed by atoms with Gasteiger partial charge in [0.2, 0.25) is 11.8 Å². The molecule has 2 aliphatic rings. The molecule has 0 bridgehead atoms. The van der Waals surface area contributed by atoms with Crippen molar-refractivity contribution in [1.82, 2.24) is 4.90 Å². The molecular weight excluding hydrogens is 452 g/mol. The summed E-state index contributed by atoms with van der Waals surface area (Å²) in [4.78, 5) is 52.9. The van der Waals surface area contributed by atoms with E-state index in [9.17, 15) is 24.3 Å². The maximum atomic E-state index is 13.2. The van der Waals surface area contributed by atoms with E-state index in [1.165, 1.54) is 46.7 Å². The van der Waals surface area contributed by atoms with E-state index in [2.05, 4.69) is 0 Å². The number of benzene rings is 1. The molecule has 8 nitrogen and oxygen atoms in total. The smallest absolute Gasteiger partial charge is 0.316 e. The van der Waals surface area contributed by atoms with Crippen LogP contribution in [0.25, 0.3) is 0 Å². The van der Waals surface area contributed by atoms with Gasteiger partial charge < -0.3 is 14.7 Å². The number of aliphatic carboxylic acids is 1. The van der Waals surface area contributed by atoms with Crippen LogP contribution >= 0.6 is 23.1 Å². The van der Waals surface area contributed by atoms with Crippen molar-refractivity contribution in [2.75, 3.05) is 17.2 Å². The summed E-state index contributed by atoms with van der Waals surface area (Å²) >= 11 is 2.66. The lowest BCUT2D eigenvalue weighted by molar-refractivity contribution is -0.173. The molecule has 2 saturated heterocycles. The molecule has 2 aromatic rings. The summed E-state index contributed by atoms with van der Waals surface area (Å²) in [6, 6.07) is 11.6. The lowest BCUT2D eigenvalue weighted by Gasteiger charge is -2.56. The molecule has 0 spiro atoms. The number of thiophene rings is 1. The van der Waals surface area contributed by atoms with Crippen LogP contribution in [0.3, 0.4) is 0 Å². The number of amides is 2. The molecule has 0 saturated carbocycles. The molecule has 3 unspecified atom stereocenters. The van der Waals surface area contributed by atoms with Gasteiger partial charge >= 0.3 is 11.9 Å². The predicted molar refractivity (Wildman–Crippen MR) is 120 cm³/mol. The second-order valence-corrected chi connectivity index (χ2v) is 9.85. The van der Waals surface area contributed by atoms with Crippen LogP contribution in [0, 0.1) is 5.41 Å². The van der Waals surface area contributed by atoms with E-state index >= 15 is 0 Å². The number of β-lactam (4-membered cyclic amide) rings is 1. The molecule has 168 valence electrons. The summed E-state index contributed by atoms with van der Waals surface area (Å²) in [5.74, 6) is -2.18. The Morgan fingerprint density at radius 2 is 1.91 bits per heavy atom. The van der Waals surface area contributed by atoms with E-state index in [4.69, 9.17) is 4.74 Å². The van der Waals surface area contributed by atoms with Crippen molar-refractivity contribution in [2.45, 2.75) is 31.4 Å². The number of anilines is 1. The molecular formula is C22H22N2O6S2. The Labute approximate surface area is 193 Å². The van der Waals surface area contributed by atoms with Crippen molar-refractivity contribution in [3.05, 3.63) is 53.4 Å². The quantitative estimate of drug-likeness (QED) is 0.507. The minimum Gasteiger partial charge on any atom is -0.481 e. The SMILES string of the molecule is CC(=O)OC(c1ccccc1)C1(C(=O)O)CS[C@@H]2C(N(C(C)=O)c3cccs3)C(=O)N2C1. The van der Waals surface area contributed by atoms with Gasteiger partial charge in [0, 0.05) is 26.1 Å². The van der Waals surface area contributed by atoms with E-state index < -0.39 is 29.5 Å². The fourth-order valence-electron chi connectivity index (χ4n) is 4.27. The standard InChI is InChI=1S/C22H22N2O6S2/c1-13(25)24(16-9-6-10-31-16)17-19(27)23-11-22(21(28)29,12-32-20(17)23)18(30-14(2)26)15-7-4-3-5-8-15/h3-10,17-18,20H,11-12H2,1-2H3,(H,28,29)/t17?,18?,20-,22?/m1/s1. The van der Waals surface area contributed by atoms with E-state index in [-0.39, 0.29) is 29.5 Å². The van der Waals surface area contributed by atoms with Gasteiger partial charge in [0.25, 0.3) is 0 Å². The normalized spacial score (nSPS) is 25.3. The zero-order valence-electron chi connectivity index (χ0n) is 17.5. The zero-order valence-corrected chi connectivity index (χ0v) is 19.1. The molecule has 4 rings (SSSR count). The summed E-state index contributed by atoms with van der Waals surface area (Å²) in [6.45, 7) is 2.54. The van der Waals surface area contributed by atoms with Gasteiger partial charge in [-0.1, -0.05) is 30.3 Å². The maximum absolute atomic E-state index is 13.2. The molecule has 1 aromatic heterocycles. The summed E-state index contributed by atoms with van der Waals surface area (Å²) in [5, 5.41) is 12.4. The number of hydrogen-bond donors (Lipinski definition) is 1. The highest BCUT2D eigenvalue weighted by Gasteiger charge is 2.62. The molecule has 4 atom stereocenters. The van der Waals surface area contributed by atoms with Gasteiger partial charge in [0.1, 0.15) is 22.9 Å². The first-order valence-corrected chi connectivity index (χ1v) is 11.9. The van der Waals surface area contributed by atoms with Crippen LogP contribution in [0.15, 0.2) is 47.8 Å². The van der Waals surface area contributed by atoms with Gasteiger partial charge in [-0.2, -0.15) is 0 Å². The third-order valence-corrected chi connectivity index (χ3v) is 8.16. The average molecular weight is 475 g/mol. The van der Waals surface area contributed by atoms with Crippen molar-refractivity contribution in [3.63, 3.8) is 0 Å². The number of rotatable bonds is 6. The van der Waals surface area contributed by atoms with Gasteiger partial charge in [-0.3, -0.25) is 24.1 Å². The van der Waals surface area contributed by atoms with Gasteiger partial charge in [0.15, 0.2) is 0 Å². The van der Waals surface area contributed by atoms with E-state index in [0.29, 0.717) is 10.6 Å². The number of thioether (sulfide) groups is 1. The zero-order chi connectivity index (χ0) is 23.0. The van der Waals surface area contributed by atoms with E-state index in [0.717, 1.165) is 0 Å². The molecule has 1 aromatic carbocycles. The monoisotopic (exact) mass is 474 g/mol. The van der Waals surface area contributed by atoms with Crippen LogP contribution in [-0.4, -0.2) is 57.5 Å². The topological polar surface area (TPSA) is 104 Å². The third kappa shape index (κ3) is 3.67. The second kappa shape index (κ2) is 8.59. The Kier molecular flexibility index (Phi) is 6.00. The highest BCUT2D eigenvalue weighted by atomic mass is 32.2. The first-order valence-electron chi connectivity index (χ1n) is 9.97. The number of nitrogens with zero attached hydrogens (tertiary/aromatic N) is 2. The van der Waals surface area contributed by atoms with Crippen molar-refractivity contribution < 1.29 is 29.0 Å². The van der Waals surface area contributed by atoms with Gasteiger partial charge in [-0.25, -0.2) is 0 Å². The first-order chi connectivity index (χ1) is 15.3. The van der Waals surface area contributed by atoms with Crippen LogP contribution in [-0.2, 0) is 23.9 Å². The van der Waals surface area contributed by atoms with Crippen molar-refractivity contribution in [2.24, 2.45) is 5.41 Å². The van der Waals surface area contributed by atoms with Crippen LogP contribution in [0.2, 0.25) is 0 Å². The van der Waals surface area contributed by atoms with Gasteiger partial charge in [-0.05, 0) is 23.1 Å². The number of carboxylic acids is 1. The van der Waals surface area contributed by atoms with E-state index in [1.54, 1.807) is 36.4 Å². The van der Waals surface area contributed by atoms with Crippen LogP contribution in [0.4, 0.5) is 5.00 Å². The highest BCUT2D eigenvalue weighted by molar-refractivity contribution is 8.00. The number of carboxylic acid groups (broad SMARTS) is 1. The molecule has 0 radical (unpaired) electrons.